The Morgan fingerprint density at radius 3 is 2.75 bits per heavy atom. The van der Waals surface area contributed by atoms with E-state index < -0.39 is 34.0 Å². The van der Waals surface area contributed by atoms with Gasteiger partial charge in [0.2, 0.25) is 10.0 Å². The number of rotatable bonds is 9. The van der Waals surface area contributed by atoms with Crippen LogP contribution in [0, 0.1) is 12.7 Å². The minimum absolute atomic E-state index is 0.0506. The Labute approximate surface area is 165 Å². The molecule has 1 saturated heterocycles. The Morgan fingerprint density at radius 2 is 2.11 bits per heavy atom. The number of nitrogens with zero attached hydrogens (tertiary/aromatic N) is 1. The summed E-state index contributed by atoms with van der Waals surface area (Å²) in [5.74, 6) is -1.69. The van der Waals surface area contributed by atoms with Crippen LogP contribution in [0.1, 0.15) is 44.6 Å². The first-order valence-corrected chi connectivity index (χ1v) is 10.8. The van der Waals surface area contributed by atoms with Crippen molar-refractivity contribution in [2.45, 2.75) is 63.0 Å². The van der Waals surface area contributed by atoms with Gasteiger partial charge in [0.25, 0.3) is 0 Å². The van der Waals surface area contributed by atoms with Gasteiger partial charge in [-0.15, -0.1) is 0 Å². The molecule has 0 radical (unpaired) electrons. The van der Waals surface area contributed by atoms with Gasteiger partial charge in [-0.3, -0.25) is 4.79 Å². The zero-order valence-electron chi connectivity index (χ0n) is 16.5. The molecule has 0 saturated carbocycles. The van der Waals surface area contributed by atoms with Gasteiger partial charge in [-0.1, -0.05) is 6.07 Å². The van der Waals surface area contributed by atoms with E-state index >= 15 is 0 Å². The zero-order chi connectivity index (χ0) is 20.9. The molecule has 0 unspecified atom stereocenters. The molecule has 1 N–H and O–H groups in total. The number of unbranched alkanes of at least 4 members (excludes halogenated alkanes) is 1. The third-order valence-corrected chi connectivity index (χ3v) is 6.79. The number of benzene rings is 1. The molecule has 1 aromatic rings. The molecule has 0 bridgehead atoms. The fraction of sp³-hybridized carbons (Fsp3) is 0.632. The molecule has 7 nitrogen and oxygen atoms in total. The topological polar surface area (TPSA) is 93.1 Å². The van der Waals surface area contributed by atoms with Gasteiger partial charge in [-0.2, -0.15) is 4.31 Å². The number of sulfonamides is 1. The normalized spacial score (nSPS) is 18.8. The van der Waals surface area contributed by atoms with Crippen molar-refractivity contribution in [3.05, 3.63) is 23.5 Å². The summed E-state index contributed by atoms with van der Waals surface area (Å²) in [7, 11) is -2.95. The van der Waals surface area contributed by atoms with E-state index in [9.17, 15) is 17.6 Å². The van der Waals surface area contributed by atoms with Gasteiger partial charge in [0.1, 0.15) is 10.9 Å². The number of hydrogen-bond donors (Lipinski definition) is 1. The monoisotopic (exact) mass is 417 g/mol. The highest BCUT2D eigenvalue weighted by atomic mass is 32.2. The fourth-order valence-electron chi connectivity index (χ4n) is 3.28. The summed E-state index contributed by atoms with van der Waals surface area (Å²) < 4.78 is 52.7. The predicted octanol–water partition coefficient (Wildman–Crippen LogP) is 2.39. The summed E-state index contributed by atoms with van der Waals surface area (Å²) in [6.07, 6.45) is 2.23. The van der Waals surface area contributed by atoms with Crippen LogP contribution in [0.25, 0.3) is 0 Å². The summed E-state index contributed by atoms with van der Waals surface area (Å²) in [6.45, 7) is 3.46. The van der Waals surface area contributed by atoms with Gasteiger partial charge >= 0.3 is 5.97 Å². The summed E-state index contributed by atoms with van der Waals surface area (Å²) in [4.78, 5) is 11.7. The first-order chi connectivity index (χ1) is 13.2. The van der Waals surface area contributed by atoms with Crippen molar-refractivity contribution in [3.8, 4) is 5.75 Å². The van der Waals surface area contributed by atoms with Crippen molar-refractivity contribution in [2.75, 3.05) is 20.3 Å². The van der Waals surface area contributed by atoms with Gasteiger partial charge < -0.3 is 14.6 Å². The SMILES string of the molecule is COC(=O)[C@@H]1CCCN1S(=O)(=O)c1ccc(C)c(F)c1O[C@H](C)CCCCO. The smallest absolute Gasteiger partial charge is 0.324 e. The van der Waals surface area contributed by atoms with Crippen LogP contribution in [-0.4, -0.2) is 56.2 Å². The van der Waals surface area contributed by atoms with Crippen molar-refractivity contribution >= 4 is 16.0 Å². The highest BCUT2D eigenvalue weighted by molar-refractivity contribution is 7.89. The second kappa shape index (κ2) is 9.67. The van der Waals surface area contributed by atoms with E-state index in [0.717, 1.165) is 4.31 Å². The molecule has 0 amide bonds. The lowest BCUT2D eigenvalue weighted by Gasteiger charge is -2.25. The molecule has 1 aliphatic rings. The number of aliphatic hydroxyl groups is 1. The van der Waals surface area contributed by atoms with Crippen molar-refractivity contribution in [2.24, 2.45) is 0 Å². The lowest BCUT2D eigenvalue weighted by molar-refractivity contribution is -0.144. The third-order valence-electron chi connectivity index (χ3n) is 4.86. The van der Waals surface area contributed by atoms with Gasteiger partial charge in [-0.25, -0.2) is 12.8 Å². The molecule has 0 aromatic heterocycles. The third kappa shape index (κ3) is 4.82. The number of hydrogen-bond acceptors (Lipinski definition) is 6. The van der Waals surface area contributed by atoms with E-state index in [1.165, 1.54) is 26.2 Å². The Bertz CT molecular complexity index is 798. The maximum atomic E-state index is 14.8. The molecule has 0 spiro atoms. The van der Waals surface area contributed by atoms with E-state index in [1.54, 1.807) is 6.92 Å². The maximum Gasteiger partial charge on any atom is 0.324 e. The van der Waals surface area contributed by atoms with E-state index in [-0.39, 0.29) is 29.4 Å². The fourth-order valence-corrected chi connectivity index (χ4v) is 5.04. The first kappa shape index (κ1) is 22.6. The van der Waals surface area contributed by atoms with Crippen LogP contribution >= 0.6 is 0 Å². The van der Waals surface area contributed by atoms with Gasteiger partial charge in [0.05, 0.1) is 13.2 Å². The van der Waals surface area contributed by atoms with E-state index in [1.807, 2.05) is 0 Å². The number of aliphatic hydroxyl groups excluding tert-OH is 1. The van der Waals surface area contributed by atoms with E-state index in [2.05, 4.69) is 0 Å². The maximum absolute atomic E-state index is 14.8. The second-order valence-corrected chi connectivity index (χ2v) is 8.83. The predicted molar refractivity (Wildman–Crippen MR) is 101 cm³/mol. The van der Waals surface area contributed by atoms with E-state index in [4.69, 9.17) is 14.6 Å². The second-order valence-electron chi connectivity index (χ2n) is 6.97. The number of halogens is 1. The Kier molecular flexibility index (Phi) is 7.79. The molecule has 2 rings (SSSR count). The highest BCUT2D eigenvalue weighted by Gasteiger charge is 2.42. The summed E-state index contributed by atoms with van der Waals surface area (Å²) in [6, 6.07) is 1.78. The van der Waals surface area contributed by atoms with Gasteiger partial charge in [0.15, 0.2) is 11.6 Å². The summed E-state index contributed by atoms with van der Waals surface area (Å²) in [5, 5.41) is 8.89. The molecular formula is C19H28FNO6S. The Balaban J connectivity index is 2.38. The number of ether oxygens (including phenoxy) is 2. The lowest BCUT2D eigenvalue weighted by atomic mass is 10.1. The Hall–Kier alpha value is -1.71. The molecule has 1 aromatic carbocycles. The summed E-state index contributed by atoms with van der Waals surface area (Å²) >= 11 is 0. The minimum atomic E-state index is -4.16. The van der Waals surface area contributed by atoms with Crippen LogP contribution in [0.5, 0.6) is 5.75 Å². The zero-order valence-corrected chi connectivity index (χ0v) is 17.3. The standard InChI is InChI=1S/C19H28FNO6S/c1-13-9-10-16(18(17(13)20)27-14(2)7-4-5-12-22)28(24,25)21-11-6-8-15(21)19(23)26-3/h9-10,14-15,22H,4-8,11-12H2,1-3H3/t14-,15+/m1/s1. The van der Waals surface area contributed by atoms with Gasteiger partial charge in [0, 0.05) is 13.2 Å². The minimum Gasteiger partial charge on any atom is -0.486 e. The van der Waals surface area contributed by atoms with Crippen molar-refractivity contribution < 1.29 is 32.2 Å². The van der Waals surface area contributed by atoms with Gasteiger partial charge in [-0.05, 0) is 57.6 Å². The molecule has 1 fully saturated rings. The van der Waals surface area contributed by atoms with Crippen molar-refractivity contribution in [3.63, 3.8) is 0 Å². The molecule has 9 heteroatoms. The number of carbonyl (C=O) groups is 1. The van der Waals surface area contributed by atoms with Crippen molar-refractivity contribution in [1.29, 1.82) is 0 Å². The van der Waals surface area contributed by atoms with Crippen LogP contribution in [0.3, 0.4) is 0 Å². The average molecular weight is 417 g/mol. The Morgan fingerprint density at radius 1 is 1.39 bits per heavy atom. The quantitative estimate of drug-likeness (QED) is 0.490. The molecule has 1 aliphatic heterocycles. The number of esters is 1. The summed E-state index contributed by atoms with van der Waals surface area (Å²) in [5.41, 5.74) is 0.266. The number of methoxy groups -OCH3 is 1. The molecule has 158 valence electrons. The lowest BCUT2D eigenvalue weighted by Crippen LogP contribution is -2.41. The van der Waals surface area contributed by atoms with Crippen LogP contribution < -0.4 is 4.74 Å². The van der Waals surface area contributed by atoms with Crippen LogP contribution in [-0.2, 0) is 19.6 Å². The van der Waals surface area contributed by atoms with Crippen LogP contribution in [0.4, 0.5) is 4.39 Å². The number of aryl methyl sites for hydroxylation is 1. The molecule has 2 atom stereocenters. The van der Waals surface area contributed by atoms with E-state index in [0.29, 0.717) is 32.1 Å². The highest BCUT2D eigenvalue weighted by Crippen LogP contribution is 2.35. The molecular weight excluding hydrogens is 389 g/mol. The largest absolute Gasteiger partial charge is 0.486 e. The first-order valence-electron chi connectivity index (χ1n) is 9.40. The number of carbonyl (C=O) groups excluding carboxylic acids is 1. The van der Waals surface area contributed by atoms with Crippen LogP contribution in [0.2, 0.25) is 0 Å². The average Bonchev–Trinajstić information content (AvgIpc) is 3.15. The van der Waals surface area contributed by atoms with Crippen LogP contribution in [0.15, 0.2) is 17.0 Å². The molecule has 0 aliphatic carbocycles. The van der Waals surface area contributed by atoms with Crippen molar-refractivity contribution in [1.82, 2.24) is 4.31 Å². The molecule has 28 heavy (non-hydrogen) atoms. The molecule has 1 heterocycles.